The van der Waals surface area contributed by atoms with E-state index in [1.807, 2.05) is 0 Å². The van der Waals surface area contributed by atoms with Crippen molar-refractivity contribution in [3.05, 3.63) is 71.3 Å². The number of carbonyl (C=O) groups is 2. The van der Waals surface area contributed by atoms with Gasteiger partial charge in [0, 0.05) is 0 Å². The molecule has 3 unspecified atom stereocenters. The Kier molecular flexibility index (Phi) is 6.17. The lowest BCUT2D eigenvalue weighted by molar-refractivity contribution is -0.140. The molecule has 29 heavy (non-hydrogen) atoms. The van der Waals surface area contributed by atoms with Crippen LogP contribution in [0, 0.1) is 11.6 Å². The highest BCUT2D eigenvalue weighted by molar-refractivity contribution is 5.97. The number of nitrogens with zero attached hydrogens (tertiary/aromatic N) is 2. The van der Waals surface area contributed by atoms with E-state index >= 15 is 0 Å². The first-order valence-electron chi connectivity index (χ1n) is 8.84. The highest BCUT2D eigenvalue weighted by Gasteiger charge is 2.40. The lowest BCUT2D eigenvalue weighted by atomic mass is 10.1. The molecule has 2 aromatic rings. The number of hydrogen-bond donors (Lipinski definition) is 1. The van der Waals surface area contributed by atoms with Gasteiger partial charge in [-0.05, 0) is 35.4 Å². The van der Waals surface area contributed by atoms with Gasteiger partial charge in [-0.2, -0.15) is 0 Å². The third-order valence-corrected chi connectivity index (χ3v) is 4.66. The van der Waals surface area contributed by atoms with Crippen molar-refractivity contribution in [3.63, 3.8) is 0 Å². The van der Waals surface area contributed by atoms with Crippen LogP contribution in [0.25, 0.3) is 0 Å². The van der Waals surface area contributed by atoms with E-state index in [9.17, 15) is 32.3 Å². The molecule has 1 aliphatic rings. The van der Waals surface area contributed by atoms with Gasteiger partial charge in [0.1, 0.15) is 30.2 Å². The summed E-state index contributed by atoms with van der Waals surface area (Å²) in [5.74, 6) is -1.92. The first kappa shape index (κ1) is 20.8. The van der Waals surface area contributed by atoms with E-state index in [4.69, 9.17) is 0 Å². The van der Waals surface area contributed by atoms with Crippen molar-refractivity contribution >= 4 is 11.9 Å². The summed E-state index contributed by atoms with van der Waals surface area (Å²) in [4.78, 5) is 26.1. The minimum absolute atomic E-state index is 0.0688. The molecule has 0 bridgehead atoms. The molecule has 0 radical (unpaired) electrons. The summed E-state index contributed by atoms with van der Waals surface area (Å²) < 4.78 is 55.0. The molecule has 1 saturated heterocycles. The molecule has 0 spiro atoms. The Morgan fingerprint density at radius 1 is 0.862 bits per heavy atom. The summed E-state index contributed by atoms with van der Waals surface area (Å²) in [6.07, 6.45) is -5.60. The minimum atomic E-state index is -1.78. The highest BCUT2D eigenvalue weighted by atomic mass is 19.1. The topological polar surface area (TPSA) is 60.9 Å². The van der Waals surface area contributed by atoms with Crippen LogP contribution in [-0.4, -0.2) is 46.2 Å². The highest BCUT2D eigenvalue weighted by Crippen LogP contribution is 2.26. The fourth-order valence-electron chi connectivity index (χ4n) is 3.03. The van der Waals surface area contributed by atoms with Crippen LogP contribution in [0.1, 0.15) is 29.9 Å². The Balaban J connectivity index is 1.72. The van der Waals surface area contributed by atoms with Gasteiger partial charge in [0.15, 0.2) is 0 Å². The predicted octanol–water partition coefficient (Wildman–Crippen LogP) is 3.66. The number of alkyl halides is 2. The standard InChI is InChI=1S/C20H18F4N2O3/c21-14-5-1-12(2-6-14)16(23)10-25-18(27)9-19(28)26(20(25)29)11-17(24)13-3-7-15(22)8-4-13/h1-8,16-18,27H,9-11H2. The Morgan fingerprint density at radius 3 is 1.79 bits per heavy atom. The molecule has 0 aromatic heterocycles. The molecule has 3 amide bonds. The Hall–Kier alpha value is -2.94. The van der Waals surface area contributed by atoms with E-state index < -0.39 is 61.7 Å². The fraction of sp³-hybridized carbons (Fsp3) is 0.300. The summed E-state index contributed by atoms with van der Waals surface area (Å²) in [6, 6.07) is 7.97. The maximum Gasteiger partial charge on any atom is 0.328 e. The van der Waals surface area contributed by atoms with Crippen LogP contribution in [0.5, 0.6) is 0 Å². The zero-order valence-electron chi connectivity index (χ0n) is 15.1. The number of carbonyl (C=O) groups excluding carboxylic acids is 2. The molecule has 1 N–H and O–H groups in total. The van der Waals surface area contributed by atoms with Gasteiger partial charge in [0.05, 0.1) is 19.5 Å². The summed E-state index contributed by atoms with van der Waals surface area (Å²) >= 11 is 0. The van der Waals surface area contributed by atoms with E-state index in [1.54, 1.807) is 0 Å². The average molecular weight is 410 g/mol. The normalized spacial score (nSPS) is 19.4. The first-order valence-corrected chi connectivity index (χ1v) is 8.84. The lowest BCUT2D eigenvalue weighted by Gasteiger charge is -2.38. The number of benzene rings is 2. The first-order chi connectivity index (χ1) is 13.8. The molecule has 0 aliphatic carbocycles. The number of amides is 3. The lowest BCUT2D eigenvalue weighted by Crippen LogP contribution is -2.58. The zero-order valence-corrected chi connectivity index (χ0v) is 15.1. The second kappa shape index (κ2) is 8.60. The van der Waals surface area contributed by atoms with Gasteiger partial charge < -0.3 is 5.11 Å². The van der Waals surface area contributed by atoms with Crippen molar-refractivity contribution < 1.29 is 32.3 Å². The van der Waals surface area contributed by atoms with Gasteiger partial charge in [-0.3, -0.25) is 14.6 Å². The summed E-state index contributed by atoms with van der Waals surface area (Å²) in [6.45, 7) is -1.25. The Morgan fingerprint density at radius 2 is 1.31 bits per heavy atom. The van der Waals surface area contributed by atoms with Crippen LogP contribution in [0.4, 0.5) is 22.4 Å². The van der Waals surface area contributed by atoms with Gasteiger partial charge in [0.2, 0.25) is 5.91 Å². The van der Waals surface area contributed by atoms with Crippen LogP contribution >= 0.6 is 0 Å². The molecule has 0 saturated carbocycles. The van der Waals surface area contributed by atoms with Crippen molar-refractivity contribution in [3.8, 4) is 0 Å². The smallest absolute Gasteiger partial charge is 0.328 e. The van der Waals surface area contributed by atoms with Gasteiger partial charge in [-0.25, -0.2) is 22.4 Å². The van der Waals surface area contributed by atoms with E-state index in [0.29, 0.717) is 4.90 Å². The molecule has 3 rings (SSSR count). The second-order valence-corrected chi connectivity index (χ2v) is 6.66. The van der Waals surface area contributed by atoms with Crippen molar-refractivity contribution in [2.24, 2.45) is 0 Å². The molecule has 2 aromatic carbocycles. The minimum Gasteiger partial charge on any atom is -0.373 e. The van der Waals surface area contributed by atoms with Crippen LogP contribution < -0.4 is 0 Å². The summed E-state index contributed by atoms with van der Waals surface area (Å²) in [7, 11) is 0. The van der Waals surface area contributed by atoms with Gasteiger partial charge in [-0.1, -0.05) is 24.3 Å². The number of aliphatic hydroxyl groups excluding tert-OH is 1. The van der Waals surface area contributed by atoms with Crippen molar-refractivity contribution in [2.45, 2.75) is 25.0 Å². The van der Waals surface area contributed by atoms with Crippen LogP contribution in [-0.2, 0) is 4.79 Å². The molecular formula is C20H18F4N2O3. The third-order valence-electron chi connectivity index (χ3n) is 4.66. The molecular weight excluding hydrogens is 392 g/mol. The molecule has 9 heteroatoms. The predicted molar refractivity (Wildman–Crippen MR) is 94.9 cm³/mol. The monoisotopic (exact) mass is 410 g/mol. The number of halogens is 4. The maximum atomic E-state index is 14.5. The van der Waals surface area contributed by atoms with Crippen LogP contribution in [0.3, 0.4) is 0 Å². The molecule has 3 atom stereocenters. The summed E-state index contributed by atoms with van der Waals surface area (Å²) in [5.41, 5.74) is 0.156. The van der Waals surface area contributed by atoms with Crippen LogP contribution in [0.15, 0.2) is 48.5 Å². The largest absolute Gasteiger partial charge is 0.373 e. The molecule has 1 fully saturated rings. The number of aliphatic hydroxyl groups is 1. The van der Waals surface area contributed by atoms with Crippen molar-refractivity contribution in [1.82, 2.24) is 9.80 Å². The molecule has 154 valence electrons. The molecule has 1 aliphatic heterocycles. The van der Waals surface area contributed by atoms with Crippen LogP contribution in [0.2, 0.25) is 0 Å². The Bertz CT molecular complexity index is 876. The van der Waals surface area contributed by atoms with Gasteiger partial charge in [0.25, 0.3) is 0 Å². The second-order valence-electron chi connectivity index (χ2n) is 6.66. The number of rotatable bonds is 6. The zero-order chi connectivity index (χ0) is 21.1. The number of hydrogen-bond acceptors (Lipinski definition) is 3. The van der Waals surface area contributed by atoms with Crippen molar-refractivity contribution in [2.75, 3.05) is 13.1 Å². The Labute approximate surface area is 164 Å². The van der Waals surface area contributed by atoms with Crippen molar-refractivity contribution in [1.29, 1.82) is 0 Å². The quantitative estimate of drug-likeness (QED) is 0.740. The van der Waals surface area contributed by atoms with E-state index in [-0.39, 0.29) is 11.1 Å². The molecule has 5 nitrogen and oxygen atoms in total. The average Bonchev–Trinajstić information content (AvgIpc) is 2.69. The maximum absolute atomic E-state index is 14.5. The van der Waals surface area contributed by atoms with E-state index in [0.717, 1.165) is 29.2 Å². The fourth-order valence-corrected chi connectivity index (χ4v) is 3.03. The van der Waals surface area contributed by atoms with Gasteiger partial charge >= 0.3 is 6.03 Å². The third kappa shape index (κ3) is 4.73. The molecule has 1 heterocycles. The SMILES string of the molecule is O=C1CC(O)N(CC(F)c2ccc(F)cc2)C(=O)N1CC(F)c1ccc(F)cc1. The van der Waals surface area contributed by atoms with Gasteiger partial charge in [-0.15, -0.1) is 0 Å². The number of urea groups is 1. The number of imide groups is 1. The van der Waals surface area contributed by atoms with E-state index in [1.165, 1.54) is 24.3 Å². The summed E-state index contributed by atoms with van der Waals surface area (Å²) in [5, 5.41) is 10.0. The van der Waals surface area contributed by atoms with E-state index in [2.05, 4.69) is 0 Å².